The number of sulfonamides is 1. The van der Waals surface area contributed by atoms with Gasteiger partial charge in [-0.15, -0.1) is 0 Å². The molecule has 1 rings (SSSR count). The second-order valence-corrected chi connectivity index (χ2v) is 5.87. The Morgan fingerprint density at radius 3 is 2.71 bits per heavy atom. The third kappa shape index (κ3) is 4.08. The summed E-state index contributed by atoms with van der Waals surface area (Å²) in [6, 6.07) is 1.25. The van der Waals surface area contributed by atoms with Crippen molar-refractivity contribution >= 4 is 33.2 Å². The van der Waals surface area contributed by atoms with Crippen LogP contribution in [0.25, 0.3) is 0 Å². The minimum atomic E-state index is -3.64. The van der Waals surface area contributed by atoms with Gasteiger partial charge in [0.15, 0.2) is 0 Å². The predicted molar refractivity (Wildman–Crippen MR) is 65.9 cm³/mol. The molecule has 5 nitrogen and oxygen atoms in total. The molecule has 0 aromatic carbocycles. The fraction of sp³-hybridized carbons (Fsp3) is 0.444. The van der Waals surface area contributed by atoms with Crippen molar-refractivity contribution in [3.8, 4) is 0 Å². The molecule has 0 aliphatic rings. The molecule has 1 aromatic heterocycles. The van der Waals surface area contributed by atoms with E-state index < -0.39 is 10.0 Å². The number of halogens is 2. The number of methoxy groups -OCH3 is 1. The summed E-state index contributed by atoms with van der Waals surface area (Å²) in [5.74, 6) is 0. The molecule has 1 heterocycles. The minimum Gasteiger partial charge on any atom is -0.380 e. The van der Waals surface area contributed by atoms with Crippen molar-refractivity contribution in [1.82, 2.24) is 9.71 Å². The van der Waals surface area contributed by atoms with E-state index in [2.05, 4.69) is 9.71 Å². The first-order valence-electron chi connectivity index (χ1n) is 4.70. The van der Waals surface area contributed by atoms with Crippen LogP contribution in [-0.4, -0.2) is 33.2 Å². The lowest BCUT2D eigenvalue weighted by molar-refractivity contribution is 0.122. The van der Waals surface area contributed by atoms with Gasteiger partial charge >= 0.3 is 0 Å². The summed E-state index contributed by atoms with van der Waals surface area (Å²) >= 11 is 11.3. The number of ether oxygens (including phenoxy) is 1. The normalized spacial score (nSPS) is 13.6. The Labute approximate surface area is 110 Å². The van der Waals surface area contributed by atoms with E-state index in [1.54, 1.807) is 6.92 Å². The molecule has 0 bridgehead atoms. The van der Waals surface area contributed by atoms with Gasteiger partial charge in [0.1, 0.15) is 10.0 Å². The quantitative estimate of drug-likeness (QED) is 0.840. The van der Waals surface area contributed by atoms with Crippen molar-refractivity contribution in [3.63, 3.8) is 0 Å². The predicted octanol–water partition coefficient (Wildman–Crippen LogP) is 1.70. The van der Waals surface area contributed by atoms with Gasteiger partial charge in [0, 0.05) is 19.9 Å². The van der Waals surface area contributed by atoms with E-state index in [1.807, 2.05) is 0 Å². The van der Waals surface area contributed by atoms with Crippen molar-refractivity contribution in [3.05, 3.63) is 22.4 Å². The van der Waals surface area contributed by atoms with Gasteiger partial charge in [-0.25, -0.2) is 18.1 Å². The highest BCUT2D eigenvalue weighted by molar-refractivity contribution is 7.89. The minimum absolute atomic E-state index is 0.0322. The molecule has 0 spiro atoms. The summed E-state index contributed by atoms with van der Waals surface area (Å²) in [7, 11) is -2.14. The van der Waals surface area contributed by atoms with Gasteiger partial charge < -0.3 is 4.74 Å². The van der Waals surface area contributed by atoms with Gasteiger partial charge in [-0.2, -0.15) is 0 Å². The van der Waals surface area contributed by atoms with Crippen molar-refractivity contribution in [2.45, 2.75) is 17.9 Å². The van der Waals surface area contributed by atoms with Gasteiger partial charge in [-0.3, -0.25) is 0 Å². The zero-order chi connectivity index (χ0) is 13.1. The Balaban J connectivity index is 2.86. The monoisotopic (exact) mass is 298 g/mol. The largest absolute Gasteiger partial charge is 0.380 e. The summed E-state index contributed by atoms with van der Waals surface area (Å²) in [6.07, 6.45) is 0.925. The molecule has 17 heavy (non-hydrogen) atoms. The molecule has 0 amide bonds. The van der Waals surface area contributed by atoms with E-state index in [0.29, 0.717) is 0 Å². The molecule has 0 aliphatic heterocycles. The number of hydrogen-bond acceptors (Lipinski definition) is 4. The van der Waals surface area contributed by atoms with Crippen LogP contribution in [0.3, 0.4) is 0 Å². The van der Waals surface area contributed by atoms with E-state index >= 15 is 0 Å². The number of hydrogen-bond donors (Lipinski definition) is 1. The molecule has 0 radical (unpaired) electrons. The first-order valence-corrected chi connectivity index (χ1v) is 6.94. The summed E-state index contributed by atoms with van der Waals surface area (Å²) in [4.78, 5) is 3.64. The lowest BCUT2D eigenvalue weighted by Gasteiger charge is -2.11. The average Bonchev–Trinajstić information content (AvgIpc) is 2.29. The summed E-state index contributed by atoms with van der Waals surface area (Å²) < 4.78 is 30.9. The zero-order valence-electron chi connectivity index (χ0n) is 9.28. The van der Waals surface area contributed by atoms with E-state index in [9.17, 15) is 8.42 Å². The van der Waals surface area contributed by atoms with Crippen molar-refractivity contribution in [2.24, 2.45) is 0 Å². The van der Waals surface area contributed by atoms with Gasteiger partial charge in [0.25, 0.3) is 0 Å². The summed E-state index contributed by atoms with van der Waals surface area (Å²) in [6.45, 7) is 1.91. The molecule has 1 unspecified atom stereocenters. The number of nitrogens with zero attached hydrogens (tertiary/aromatic N) is 1. The van der Waals surface area contributed by atoms with Gasteiger partial charge in [-0.1, -0.05) is 23.2 Å². The lowest BCUT2D eigenvalue weighted by atomic mass is 10.4. The van der Waals surface area contributed by atoms with Crippen LogP contribution in [0.1, 0.15) is 6.92 Å². The van der Waals surface area contributed by atoms with Gasteiger partial charge in [0.2, 0.25) is 10.0 Å². The SMILES string of the molecule is COC(C)CNS(=O)(=O)c1cnc(Cl)c(Cl)c1. The standard InChI is InChI=1S/C9H12Cl2N2O3S/c1-6(16-2)4-13-17(14,15)7-3-8(10)9(11)12-5-7/h3,5-6,13H,4H2,1-2H3. The molecule has 1 N–H and O–H groups in total. The number of aromatic nitrogens is 1. The van der Waals surface area contributed by atoms with Gasteiger partial charge in [0.05, 0.1) is 11.1 Å². The van der Waals surface area contributed by atoms with Crippen LogP contribution in [0, 0.1) is 0 Å². The van der Waals surface area contributed by atoms with Crippen LogP contribution in [0.5, 0.6) is 0 Å². The Morgan fingerprint density at radius 2 is 2.18 bits per heavy atom. The molecule has 1 aromatic rings. The van der Waals surface area contributed by atoms with E-state index in [0.717, 1.165) is 6.20 Å². The van der Waals surface area contributed by atoms with Crippen LogP contribution in [-0.2, 0) is 14.8 Å². The van der Waals surface area contributed by atoms with Crippen molar-refractivity contribution in [1.29, 1.82) is 0 Å². The third-order valence-electron chi connectivity index (χ3n) is 2.04. The van der Waals surface area contributed by atoms with Crippen LogP contribution in [0.4, 0.5) is 0 Å². The van der Waals surface area contributed by atoms with Crippen LogP contribution in [0.2, 0.25) is 10.2 Å². The zero-order valence-corrected chi connectivity index (χ0v) is 11.6. The molecule has 1 atom stereocenters. The molecule has 96 valence electrons. The highest BCUT2D eigenvalue weighted by atomic mass is 35.5. The Kier molecular flexibility index (Phi) is 5.15. The smallest absolute Gasteiger partial charge is 0.242 e. The maximum Gasteiger partial charge on any atom is 0.242 e. The van der Waals surface area contributed by atoms with E-state index in [1.165, 1.54) is 13.2 Å². The fourth-order valence-electron chi connectivity index (χ4n) is 0.944. The molecular formula is C9H12Cl2N2O3S. The van der Waals surface area contributed by atoms with Crippen LogP contribution < -0.4 is 4.72 Å². The maximum absolute atomic E-state index is 11.8. The van der Waals surface area contributed by atoms with E-state index in [-0.39, 0.29) is 27.7 Å². The molecule has 0 saturated carbocycles. The van der Waals surface area contributed by atoms with Crippen molar-refractivity contribution < 1.29 is 13.2 Å². The summed E-state index contributed by atoms with van der Waals surface area (Å²) in [5.41, 5.74) is 0. The lowest BCUT2D eigenvalue weighted by Crippen LogP contribution is -2.31. The Hall–Kier alpha value is -0.400. The molecule has 8 heteroatoms. The van der Waals surface area contributed by atoms with Crippen LogP contribution >= 0.6 is 23.2 Å². The topological polar surface area (TPSA) is 68.3 Å². The summed E-state index contributed by atoms with van der Waals surface area (Å²) in [5, 5.41) is 0.158. The maximum atomic E-state index is 11.8. The molecule has 0 saturated heterocycles. The number of nitrogens with one attached hydrogen (secondary N) is 1. The highest BCUT2D eigenvalue weighted by Crippen LogP contribution is 2.21. The Morgan fingerprint density at radius 1 is 1.53 bits per heavy atom. The molecule has 0 aliphatic carbocycles. The first kappa shape index (κ1) is 14.7. The number of pyridine rings is 1. The fourth-order valence-corrected chi connectivity index (χ4v) is 2.36. The second-order valence-electron chi connectivity index (χ2n) is 3.34. The molecule has 0 fully saturated rings. The third-order valence-corrected chi connectivity index (χ3v) is 4.12. The second kappa shape index (κ2) is 5.97. The van der Waals surface area contributed by atoms with Gasteiger partial charge in [-0.05, 0) is 13.0 Å². The average molecular weight is 299 g/mol. The Bertz CT molecular complexity index is 493. The first-order chi connectivity index (χ1) is 7.86. The number of rotatable bonds is 5. The highest BCUT2D eigenvalue weighted by Gasteiger charge is 2.16. The van der Waals surface area contributed by atoms with Crippen molar-refractivity contribution in [2.75, 3.05) is 13.7 Å². The van der Waals surface area contributed by atoms with E-state index in [4.69, 9.17) is 27.9 Å². The van der Waals surface area contributed by atoms with Crippen LogP contribution in [0.15, 0.2) is 17.2 Å². The molecular weight excluding hydrogens is 287 g/mol.